The lowest BCUT2D eigenvalue weighted by atomic mass is 9.96. The summed E-state index contributed by atoms with van der Waals surface area (Å²) in [5.41, 5.74) is 1.73. The Kier molecular flexibility index (Phi) is 5.57. The summed E-state index contributed by atoms with van der Waals surface area (Å²) < 4.78 is 37.8. The molecule has 1 fully saturated rings. The van der Waals surface area contributed by atoms with Crippen molar-refractivity contribution in [1.82, 2.24) is 14.9 Å². The normalized spacial score (nSPS) is 15.4. The minimum Gasteiger partial charge on any atom is -0.369 e. The molecule has 1 amide bonds. The Labute approximate surface area is 171 Å². The van der Waals surface area contributed by atoms with Crippen molar-refractivity contribution in [3.05, 3.63) is 54.6 Å². The second kappa shape index (κ2) is 8.30. The quantitative estimate of drug-likeness (QED) is 0.683. The molecular weight excluding hydrogens is 393 g/mol. The molecule has 1 N–H and O–H groups in total. The Hall–Kier alpha value is -3.16. The largest absolute Gasteiger partial charge is 0.471 e. The van der Waals surface area contributed by atoms with Crippen LogP contribution in [0.5, 0.6) is 0 Å². The monoisotopic (exact) mass is 414 g/mol. The molecule has 0 radical (unpaired) electrons. The topological polar surface area (TPSA) is 58.1 Å². The van der Waals surface area contributed by atoms with Gasteiger partial charge in [-0.25, -0.2) is 9.97 Å². The summed E-state index contributed by atoms with van der Waals surface area (Å²) >= 11 is 0. The average molecular weight is 414 g/mol. The lowest BCUT2D eigenvalue weighted by Crippen LogP contribution is -2.46. The fraction of sp³-hybridized carbons (Fsp3) is 0.318. The summed E-state index contributed by atoms with van der Waals surface area (Å²) in [4.78, 5) is 21.6. The summed E-state index contributed by atoms with van der Waals surface area (Å²) in [7, 11) is 0. The van der Waals surface area contributed by atoms with Gasteiger partial charge in [0.05, 0.1) is 5.52 Å². The van der Waals surface area contributed by atoms with Crippen LogP contribution in [0, 0.1) is 5.92 Å². The molecule has 1 aliphatic heterocycles. The number of hydrogen-bond donors (Lipinski definition) is 1. The maximum Gasteiger partial charge on any atom is 0.471 e. The van der Waals surface area contributed by atoms with E-state index in [1.54, 1.807) is 0 Å². The third-order valence-electron chi connectivity index (χ3n) is 5.34. The average Bonchev–Trinajstić information content (AvgIpc) is 2.77. The van der Waals surface area contributed by atoms with Gasteiger partial charge in [0, 0.05) is 30.6 Å². The van der Waals surface area contributed by atoms with Crippen LogP contribution in [0.2, 0.25) is 0 Å². The molecule has 0 bridgehead atoms. The van der Waals surface area contributed by atoms with Gasteiger partial charge >= 0.3 is 12.1 Å². The number of fused-ring (bicyclic) bond motifs is 1. The second-order valence-corrected chi connectivity index (χ2v) is 7.39. The zero-order chi connectivity index (χ0) is 21.1. The van der Waals surface area contributed by atoms with Crippen molar-refractivity contribution in [3.63, 3.8) is 0 Å². The van der Waals surface area contributed by atoms with Crippen LogP contribution in [-0.2, 0) is 4.79 Å². The highest BCUT2D eigenvalue weighted by atomic mass is 19.4. The number of anilines is 1. The van der Waals surface area contributed by atoms with Crippen LogP contribution in [0.4, 0.5) is 19.0 Å². The number of piperidine rings is 1. The first-order chi connectivity index (χ1) is 14.4. The first kappa shape index (κ1) is 20.1. The number of nitrogens with one attached hydrogen (secondary N) is 1. The molecule has 0 saturated carbocycles. The van der Waals surface area contributed by atoms with E-state index in [1.165, 1.54) is 0 Å². The van der Waals surface area contributed by atoms with Crippen molar-refractivity contribution < 1.29 is 18.0 Å². The first-order valence-corrected chi connectivity index (χ1v) is 9.84. The van der Waals surface area contributed by atoms with E-state index in [9.17, 15) is 18.0 Å². The molecule has 4 rings (SSSR count). The number of carbonyl (C=O) groups is 1. The molecule has 156 valence electrons. The highest BCUT2D eigenvalue weighted by molar-refractivity contribution is 5.90. The number of aromatic nitrogens is 2. The van der Waals surface area contributed by atoms with Crippen molar-refractivity contribution >= 4 is 22.6 Å². The molecule has 0 unspecified atom stereocenters. The van der Waals surface area contributed by atoms with Gasteiger partial charge in [-0.15, -0.1) is 0 Å². The minimum absolute atomic E-state index is 0.116. The van der Waals surface area contributed by atoms with E-state index in [0.717, 1.165) is 21.4 Å². The van der Waals surface area contributed by atoms with Crippen molar-refractivity contribution in [3.8, 4) is 11.4 Å². The van der Waals surface area contributed by atoms with Crippen LogP contribution in [0.1, 0.15) is 12.8 Å². The molecule has 1 aromatic heterocycles. The number of benzene rings is 2. The number of amides is 1. The Balaban J connectivity index is 1.47. The van der Waals surface area contributed by atoms with Gasteiger partial charge in [-0.2, -0.15) is 13.2 Å². The molecule has 2 aromatic carbocycles. The SMILES string of the molecule is O=C(N1CCC(CNc2nc(-c3ccccc3)nc3ccccc23)CC1)C(F)(F)F. The zero-order valence-corrected chi connectivity index (χ0v) is 16.2. The van der Waals surface area contributed by atoms with E-state index in [4.69, 9.17) is 4.98 Å². The van der Waals surface area contributed by atoms with Crippen molar-refractivity contribution in [2.24, 2.45) is 5.92 Å². The van der Waals surface area contributed by atoms with E-state index < -0.39 is 12.1 Å². The van der Waals surface area contributed by atoms with Crippen LogP contribution in [-0.4, -0.2) is 46.6 Å². The number of halogens is 3. The van der Waals surface area contributed by atoms with Gasteiger partial charge in [0.2, 0.25) is 0 Å². The highest BCUT2D eigenvalue weighted by Crippen LogP contribution is 2.27. The third-order valence-corrected chi connectivity index (χ3v) is 5.34. The Morgan fingerprint density at radius 3 is 2.37 bits per heavy atom. The van der Waals surface area contributed by atoms with E-state index in [0.29, 0.717) is 31.0 Å². The summed E-state index contributed by atoms with van der Waals surface area (Å²) in [5, 5.41) is 4.26. The van der Waals surface area contributed by atoms with Crippen molar-refractivity contribution in [2.45, 2.75) is 19.0 Å². The lowest BCUT2D eigenvalue weighted by Gasteiger charge is -2.32. The number of hydrogen-bond acceptors (Lipinski definition) is 4. The molecule has 0 spiro atoms. The summed E-state index contributed by atoms with van der Waals surface area (Å²) in [6.45, 7) is 0.804. The molecule has 0 atom stereocenters. The second-order valence-electron chi connectivity index (χ2n) is 7.39. The van der Waals surface area contributed by atoms with E-state index in [-0.39, 0.29) is 19.0 Å². The van der Waals surface area contributed by atoms with Gasteiger partial charge in [-0.3, -0.25) is 4.79 Å². The summed E-state index contributed by atoms with van der Waals surface area (Å²) in [6.07, 6.45) is -3.77. The van der Waals surface area contributed by atoms with Gasteiger partial charge in [0.1, 0.15) is 5.82 Å². The van der Waals surface area contributed by atoms with Crippen LogP contribution in [0.3, 0.4) is 0 Å². The molecule has 5 nitrogen and oxygen atoms in total. The Bertz CT molecular complexity index is 1030. The first-order valence-electron chi connectivity index (χ1n) is 9.84. The number of alkyl halides is 3. The van der Waals surface area contributed by atoms with Gasteiger partial charge in [0.15, 0.2) is 5.82 Å². The molecule has 1 aliphatic rings. The van der Waals surface area contributed by atoms with E-state index >= 15 is 0 Å². The van der Waals surface area contributed by atoms with Crippen LogP contribution >= 0.6 is 0 Å². The van der Waals surface area contributed by atoms with Crippen molar-refractivity contribution in [1.29, 1.82) is 0 Å². The predicted octanol–water partition coefficient (Wildman–Crippen LogP) is 4.51. The maximum atomic E-state index is 12.6. The van der Waals surface area contributed by atoms with E-state index in [2.05, 4.69) is 10.3 Å². The predicted molar refractivity (Wildman–Crippen MR) is 109 cm³/mol. The van der Waals surface area contributed by atoms with Crippen LogP contribution in [0.25, 0.3) is 22.3 Å². The third kappa shape index (κ3) is 4.37. The Morgan fingerprint density at radius 2 is 1.67 bits per heavy atom. The van der Waals surface area contributed by atoms with Gasteiger partial charge in [-0.1, -0.05) is 42.5 Å². The zero-order valence-electron chi connectivity index (χ0n) is 16.2. The van der Waals surface area contributed by atoms with Crippen LogP contribution in [0.15, 0.2) is 54.6 Å². The number of likely N-dealkylation sites (tertiary alicyclic amines) is 1. The molecule has 2 heterocycles. The molecule has 30 heavy (non-hydrogen) atoms. The molecule has 0 aliphatic carbocycles. The minimum atomic E-state index is -4.81. The van der Waals surface area contributed by atoms with E-state index in [1.807, 2.05) is 54.6 Å². The molecule has 3 aromatic rings. The smallest absolute Gasteiger partial charge is 0.369 e. The molecular formula is C22H21F3N4O. The lowest BCUT2D eigenvalue weighted by molar-refractivity contribution is -0.186. The number of carbonyl (C=O) groups excluding carboxylic acids is 1. The molecule has 8 heteroatoms. The number of nitrogens with zero attached hydrogens (tertiary/aromatic N) is 3. The standard InChI is InChI=1S/C22H21F3N4O/c23-22(24,25)21(30)29-12-10-15(11-13-29)14-26-20-17-8-4-5-9-18(17)27-19(28-20)16-6-2-1-3-7-16/h1-9,15H,10-14H2,(H,26,27,28). The number of para-hydroxylation sites is 1. The van der Waals surface area contributed by atoms with Crippen LogP contribution < -0.4 is 5.32 Å². The van der Waals surface area contributed by atoms with Gasteiger partial charge in [-0.05, 0) is 30.9 Å². The maximum absolute atomic E-state index is 12.6. The fourth-order valence-electron chi connectivity index (χ4n) is 3.69. The van der Waals surface area contributed by atoms with Gasteiger partial charge < -0.3 is 10.2 Å². The Morgan fingerprint density at radius 1 is 1.00 bits per heavy atom. The fourth-order valence-corrected chi connectivity index (χ4v) is 3.69. The number of rotatable bonds is 4. The highest BCUT2D eigenvalue weighted by Gasteiger charge is 2.43. The van der Waals surface area contributed by atoms with Crippen molar-refractivity contribution in [2.75, 3.05) is 25.0 Å². The van der Waals surface area contributed by atoms with Gasteiger partial charge in [0.25, 0.3) is 0 Å². The summed E-state index contributed by atoms with van der Waals surface area (Å²) in [5.74, 6) is -0.268. The molecule has 1 saturated heterocycles. The summed E-state index contributed by atoms with van der Waals surface area (Å²) in [6, 6.07) is 17.4.